The van der Waals surface area contributed by atoms with Crippen molar-refractivity contribution < 1.29 is 17.6 Å². The highest BCUT2D eigenvalue weighted by Crippen LogP contribution is 2.29. The number of hydrogen-bond donors (Lipinski definition) is 0. The number of nitrogens with zero attached hydrogens (tertiary/aromatic N) is 2. The van der Waals surface area contributed by atoms with E-state index < -0.39 is 18.4 Å². The van der Waals surface area contributed by atoms with Crippen LogP contribution in [0, 0.1) is 0 Å². The van der Waals surface area contributed by atoms with Gasteiger partial charge in [0.2, 0.25) is 0 Å². The van der Waals surface area contributed by atoms with Gasteiger partial charge in [0.15, 0.2) is 0 Å². The largest absolute Gasteiger partial charge is 0.406 e. The van der Waals surface area contributed by atoms with Crippen molar-refractivity contribution in [1.82, 2.24) is 9.80 Å². The molecule has 0 aliphatic carbocycles. The monoisotopic (exact) mass is 228 g/mol. The molecule has 0 saturated carbocycles. The molecule has 0 radical (unpaired) electrons. The van der Waals surface area contributed by atoms with Crippen molar-refractivity contribution >= 4 is 0 Å². The fraction of sp³-hybridized carbons (Fsp3) is 1.00. The van der Waals surface area contributed by atoms with Crippen molar-refractivity contribution in [3.63, 3.8) is 0 Å². The lowest BCUT2D eigenvalue weighted by Crippen LogP contribution is -2.57. The van der Waals surface area contributed by atoms with Crippen molar-refractivity contribution in [1.29, 1.82) is 0 Å². The van der Waals surface area contributed by atoms with Gasteiger partial charge in [-0.05, 0) is 14.0 Å². The topological polar surface area (TPSA) is 6.48 Å². The minimum Gasteiger partial charge on any atom is -0.304 e. The molecule has 1 rings (SSSR count). The summed E-state index contributed by atoms with van der Waals surface area (Å²) >= 11 is 0. The second-order valence-electron chi connectivity index (χ2n) is 4.00. The van der Waals surface area contributed by atoms with Gasteiger partial charge in [-0.2, -0.15) is 13.2 Å². The van der Waals surface area contributed by atoms with Gasteiger partial charge in [-0.15, -0.1) is 0 Å². The lowest BCUT2D eigenvalue weighted by molar-refractivity contribution is -0.201. The Kier molecular flexibility index (Phi) is 3.94. The second kappa shape index (κ2) is 4.65. The van der Waals surface area contributed by atoms with E-state index in [0.717, 1.165) is 6.92 Å². The van der Waals surface area contributed by atoms with E-state index in [2.05, 4.69) is 0 Å². The van der Waals surface area contributed by atoms with Crippen LogP contribution >= 0.6 is 0 Å². The zero-order chi connectivity index (χ0) is 11.6. The molecular formula is C9H16F4N2. The summed E-state index contributed by atoms with van der Waals surface area (Å²) in [4.78, 5) is 3.12. The van der Waals surface area contributed by atoms with Gasteiger partial charge < -0.3 is 4.90 Å². The normalized spacial score (nSPS) is 25.2. The highest BCUT2D eigenvalue weighted by Gasteiger charge is 2.47. The Bertz CT molecular complexity index is 197. The SMILES string of the molecule is CC(F)C(N1CCN(C)CC1)C(F)(F)F. The van der Waals surface area contributed by atoms with Crippen LogP contribution in [0.5, 0.6) is 0 Å². The molecule has 2 atom stereocenters. The van der Waals surface area contributed by atoms with E-state index in [1.165, 1.54) is 4.90 Å². The average Bonchev–Trinajstić information content (AvgIpc) is 2.05. The number of alkyl halides is 4. The number of halogens is 4. The van der Waals surface area contributed by atoms with Crippen LogP contribution in [0.15, 0.2) is 0 Å². The molecule has 0 spiro atoms. The van der Waals surface area contributed by atoms with Gasteiger partial charge in [-0.3, -0.25) is 4.90 Å². The molecule has 0 aromatic heterocycles. The predicted molar refractivity (Wildman–Crippen MR) is 49.5 cm³/mol. The molecule has 6 heteroatoms. The van der Waals surface area contributed by atoms with Crippen molar-refractivity contribution in [3.8, 4) is 0 Å². The summed E-state index contributed by atoms with van der Waals surface area (Å²) in [6.07, 6.45) is -6.36. The summed E-state index contributed by atoms with van der Waals surface area (Å²) in [7, 11) is 1.85. The summed E-state index contributed by atoms with van der Waals surface area (Å²) in [5.41, 5.74) is 0. The van der Waals surface area contributed by atoms with Gasteiger partial charge >= 0.3 is 6.18 Å². The van der Waals surface area contributed by atoms with Gasteiger partial charge in [0.1, 0.15) is 12.2 Å². The zero-order valence-corrected chi connectivity index (χ0v) is 8.89. The van der Waals surface area contributed by atoms with Crippen LogP contribution < -0.4 is 0 Å². The Hall–Kier alpha value is -0.360. The number of piperazine rings is 1. The van der Waals surface area contributed by atoms with E-state index in [1.807, 2.05) is 11.9 Å². The van der Waals surface area contributed by atoms with Gasteiger partial charge in [-0.25, -0.2) is 4.39 Å². The first-order valence-electron chi connectivity index (χ1n) is 4.95. The van der Waals surface area contributed by atoms with E-state index in [9.17, 15) is 17.6 Å². The standard InChI is InChI=1S/C9H16F4N2/c1-7(10)8(9(11,12)13)15-5-3-14(2)4-6-15/h7-8H,3-6H2,1-2H3. The Labute approximate surface area is 86.8 Å². The van der Waals surface area contributed by atoms with Gasteiger partial charge in [0.25, 0.3) is 0 Å². The van der Waals surface area contributed by atoms with Gasteiger partial charge in [-0.1, -0.05) is 0 Å². The minimum atomic E-state index is -4.48. The quantitative estimate of drug-likeness (QED) is 0.661. The summed E-state index contributed by atoms with van der Waals surface area (Å²) in [5.74, 6) is 0. The third kappa shape index (κ3) is 3.31. The third-order valence-electron chi connectivity index (χ3n) is 2.70. The van der Waals surface area contributed by atoms with Crippen LogP contribution in [0.3, 0.4) is 0 Å². The van der Waals surface area contributed by atoms with Crippen LogP contribution in [0.1, 0.15) is 6.92 Å². The van der Waals surface area contributed by atoms with Crippen LogP contribution in [0.4, 0.5) is 17.6 Å². The molecule has 0 bridgehead atoms. The van der Waals surface area contributed by atoms with E-state index in [1.54, 1.807) is 0 Å². The fourth-order valence-electron chi connectivity index (χ4n) is 1.86. The van der Waals surface area contributed by atoms with Crippen molar-refractivity contribution in [2.24, 2.45) is 0 Å². The van der Waals surface area contributed by atoms with E-state index >= 15 is 0 Å². The highest BCUT2D eigenvalue weighted by atomic mass is 19.4. The molecule has 0 amide bonds. The fourth-order valence-corrected chi connectivity index (χ4v) is 1.86. The molecule has 0 aromatic carbocycles. The molecule has 0 N–H and O–H groups in total. The lowest BCUT2D eigenvalue weighted by Gasteiger charge is -2.39. The first kappa shape index (κ1) is 12.7. The maximum absolute atomic E-state index is 13.0. The molecule has 1 heterocycles. The zero-order valence-electron chi connectivity index (χ0n) is 8.89. The number of likely N-dealkylation sites (N-methyl/N-ethyl adjacent to an activating group) is 1. The van der Waals surface area contributed by atoms with Crippen LogP contribution in [-0.4, -0.2) is 61.4 Å². The first-order chi connectivity index (χ1) is 6.82. The summed E-state index contributed by atoms with van der Waals surface area (Å²) in [6, 6.07) is -1.95. The molecule has 2 unspecified atom stereocenters. The summed E-state index contributed by atoms with van der Waals surface area (Å²) < 4.78 is 50.6. The van der Waals surface area contributed by atoms with Gasteiger partial charge in [0.05, 0.1) is 0 Å². The highest BCUT2D eigenvalue weighted by molar-refractivity contribution is 4.86. The molecule has 1 fully saturated rings. The van der Waals surface area contributed by atoms with Crippen LogP contribution in [0.2, 0.25) is 0 Å². The van der Waals surface area contributed by atoms with Crippen molar-refractivity contribution in [3.05, 3.63) is 0 Å². The van der Waals surface area contributed by atoms with E-state index in [0.29, 0.717) is 13.1 Å². The van der Waals surface area contributed by atoms with Gasteiger partial charge in [0, 0.05) is 26.2 Å². The lowest BCUT2D eigenvalue weighted by atomic mass is 10.1. The molecular weight excluding hydrogens is 212 g/mol. The molecule has 0 aromatic rings. The Balaban J connectivity index is 2.65. The second-order valence-corrected chi connectivity index (χ2v) is 4.00. The molecule has 15 heavy (non-hydrogen) atoms. The molecule has 90 valence electrons. The Morgan fingerprint density at radius 1 is 1.07 bits per heavy atom. The number of rotatable bonds is 2. The minimum absolute atomic E-state index is 0.273. The van der Waals surface area contributed by atoms with E-state index in [4.69, 9.17) is 0 Å². The number of hydrogen-bond acceptors (Lipinski definition) is 2. The smallest absolute Gasteiger partial charge is 0.304 e. The predicted octanol–water partition coefficient (Wildman–Crippen LogP) is 1.52. The van der Waals surface area contributed by atoms with Crippen LogP contribution in [-0.2, 0) is 0 Å². The Morgan fingerprint density at radius 2 is 1.53 bits per heavy atom. The van der Waals surface area contributed by atoms with E-state index in [-0.39, 0.29) is 13.1 Å². The maximum atomic E-state index is 13.0. The maximum Gasteiger partial charge on any atom is 0.406 e. The first-order valence-corrected chi connectivity index (χ1v) is 4.95. The van der Waals surface area contributed by atoms with Crippen molar-refractivity contribution in [2.75, 3.05) is 33.2 Å². The average molecular weight is 228 g/mol. The third-order valence-corrected chi connectivity index (χ3v) is 2.70. The molecule has 1 aliphatic heterocycles. The summed E-state index contributed by atoms with van der Waals surface area (Å²) in [5, 5.41) is 0. The molecule has 2 nitrogen and oxygen atoms in total. The molecule has 1 saturated heterocycles. The Morgan fingerprint density at radius 3 is 1.87 bits per heavy atom. The van der Waals surface area contributed by atoms with Crippen LogP contribution in [0.25, 0.3) is 0 Å². The van der Waals surface area contributed by atoms with Crippen molar-refractivity contribution in [2.45, 2.75) is 25.3 Å². The summed E-state index contributed by atoms with van der Waals surface area (Å²) in [6.45, 7) is 2.62. The molecule has 1 aliphatic rings.